The second kappa shape index (κ2) is 5.69. The molecule has 3 heteroatoms. The molecule has 0 saturated heterocycles. The molecule has 0 amide bonds. The molecule has 84 valence electrons. The number of hydrogen-bond acceptors (Lipinski definition) is 3. The van der Waals surface area contributed by atoms with E-state index < -0.39 is 0 Å². The average Bonchev–Trinajstić information content (AvgIpc) is 2.47. The van der Waals surface area contributed by atoms with Gasteiger partial charge in [0.2, 0.25) is 0 Å². The Balaban J connectivity index is 2.05. The van der Waals surface area contributed by atoms with Crippen molar-refractivity contribution in [2.24, 2.45) is 11.7 Å². The van der Waals surface area contributed by atoms with Crippen LogP contribution in [0.2, 0.25) is 0 Å². The average molecular weight is 201 g/mol. The Morgan fingerprint density at radius 2 is 2.14 bits per heavy atom. The number of rotatable bonds is 6. The van der Waals surface area contributed by atoms with Gasteiger partial charge in [-0.3, -0.25) is 0 Å². The molecule has 2 atom stereocenters. The zero-order chi connectivity index (χ0) is 10.4. The fourth-order valence-corrected chi connectivity index (χ4v) is 2.18. The van der Waals surface area contributed by atoms with Crippen LogP contribution in [0.15, 0.2) is 0 Å². The molecular weight excluding hydrogens is 178 g/mol. The van der Waals surface area contributed by atoms with Gasteiger partial charge in [0.05, 0.1) is 13.2 Å². The van der Waals surface area contributed by atoms with Crippen LogP contribution in [0.3, 0.4) is 0 Å². The molecule has 0 aromatic carbocycles. The largest absolute Gasteiger partial charge is 0.382 e. The summed E-state index contributed by atoms with van der Waals surface area (Å²) in [6.45, 7) is 4.41. The first kappa shape index (κ1) is 12.0. The van der Waals surface area contributed by atoms with Gasteiger partial charge in [0.1, 0.15) is 0 Å². The molecule has 1 rings (SSSR count). The molecule has 0 radical (unpaired) electrons. The third-order valence-corrected chi connectivity index (χ3v) is 3.07. The lowest BCUT2D eigenvalue weighted by molar-refractivity contribution is 0.0611. The summed E-state index contributed by atoms with van der Waals surface area (Å²) < 4.78 is 10.3. The van der Waals surface area contributed by atoms with Crippen molar-refractivity contribution >= 4 is 0 Å². The minimum atomic E-state index is 0.0481. The second-order valence-electron chi connectivity index (χ2n) is 4.57. The van der Waals surface area contributed by atoms with E-state index in [1.165, 1.54) is 6.42 Å². The molecule has 0 aromatic heterocycles. The van der Waals surface area contributed by atoms with E-state index in [2.05, 4.69) is 6.92 Å². The van der Waals surface area contributed by atoms with Crippen LogP contribution in [0.25, 0.3) is 0 Å². The molecule has 1 saturated carbocycles. The van der Waals surface area contributed by atoms with Crippen LogP contribution in [0.4, 0.5) is 0 Å². The molecular formula is C11H23NO2. The van der Waals surface area contributed by atoms with Gasteiger partial charge in [0.25, 0.3) is 0 Å². The monoisotopic (exact) mass is 201 g/mol. The SMILES string of the molecule is COCCOCCC1(N)CCC(C)C1. The summed E-state index contributed by atoms with van der Waals surface area (Å²) in [6.07, 6.45) is 4.57. The van der Waals surface area contributed by atoms with Crippen LogP contribution in [0.1, 0.15) is 32.6 Å². The Labute approximate surface area is 86.9 Å². The van der Waals surface area contributed by atoms with Crippen molar-refractivity contribution < 1.29 is 9.47 Å². The maximum atomic E-state index is 6.25. The third-order valence-electron chi connectivity index (χ3n) is 3.07. The lowest BCUT2D eigenvalue weighted by Gasteiger charge is -2.23. The van der Waals surface area contributed by atoms with E-state index in [-0.39, 0.29) is 5.54 Å². The summed E-state index contributed by atoms with van der Waals surface area (Å²) in [5, 5.41) is 0. The Morgan fingerprint density at radius 3 is 2.71 bits per heavy atom. The molecule has 0 spiro atoms. The van der Waals surface area contributed by atoms with Gasteiger partial charge in [-0.1, -0.05) is 6.92 Å². The van der Waals surface area contributed by atoms with Crippen molar-refractivity contribution in [3.05, 3.63) is 0 Å². The molecule has 2 unspecified atom stereocenters. The van der Waals surface area contributed by atoms with Gasteiger partial charge in [-0.05, 0) is 31.6 Å². The van der Waals surface area contributed by atoms with Gasteiger partial charge in [0.15, 0.2) is 0 Å². The van der Waals surface area contributed by atoms with E-state index in [9.17, 15) is 0 Å². The van der Waals surface area contributed by atoms with Crippen LogP contribution in [0, 0.1) is 5.92 Å². The molecule has 1 fully saturated rings. The Bertz CT molecular complexity index is 163. The van der Waals surface area contributed by atoms with Crippen molar-refractivity contribution in [1.82, 2.24) is 0 Å². The van der Waals surface area contributed by atoms with Gasteiger partial charge in [-0.25, -0.2) is 0 Å². The minimum absolute atomic E-state index is 0.0481. The molecule has 2 N–H and O–H groups in total. The highest BCUT2D eigenvalue weighted by Gasteiger charge is 2.32. The highest BCUT2D eigenvalue weighted by molar-refractivity contribution is 4.91. The van der Waals surface area contributed by atoms with E-state index in [1.54, 1.807) is 7.11 Å². The summed E-state index contributed by atoms with van der Waals surface area (Å²) in [4.78, 5) is 0. The zero-order valence-electron chi connectivity index (χ0n) is 9.42. The third kappa shape index (κ3) is 3.95. The van der Waals surface area contributed by atoms with E-state index >= 15 is 0 Å². The topological polar surface area (TPSA) is 44.5 Å². The molecule has 1 aliphatic carbocycles. The fraction of sp³-hybridized carbons (Fsp3) is 1.00. The fourth-order valence-electron chi connectivity index (χ4n) is 2.18. The van der Waals surface area contributed by atoms with E-state index in [0.29, 0.717) is 13.2 Å². The summed E-state index contributed by atoms with van der Waals surface area (Å²) >= 11 is 0. The molecule has 0 aliphatic heterocycles. The Morgan fingerprint density at radius 1 is 1.36 bits per heavy atom. The van der Waals surface area contributed by atoms with Crippen LogP contribution < -0.4 is 5.73 Å². The van der Waals surface area contributed by atoms with Gasteiger partial charge < -0.3 is 15.2 Å². The maximum Gasteiger partial charge on any atom is 0.0700 e. The Hall–Kier alpha value is -0.120. The molecule has 14 heavy (non-hydrogen) atoms. The van der Waals surface area contributed by atoms with Crippen molar-refractivity contribution in [2.75, 3.05) is 26.9 Å². The molecule has 1 aliphatic rings. The van der Waals surface area contributed by atoms with Gasteiger partial charge in [0, 0.05) is 19.3 Å². The molecule has 0 heterocycles. The van der Waals surface area contributed by atoms with Crippen LogP contribution >= 0.6 is 0 Å². The second-order valence-corrected chi connectivity index (χ2v) is 4.57. The number of methoxy groups -OCH3 is 1. The van der Waals surface area contributed by atoms with Crippen LogP contribution in [0.5, 0.6) is 0 Å². The van der Waals surface area contributed by atoms with Gasteiger partial charge in [-0.15, -0.1) is 0 Å². The van der Waals surface area contributed by atoms with Crippen molar-refractivity contribution in [3.8, 4) is 0 Å². The number of nitrogens with two attached hydrogens (primary N) is 1. The molecule has 3 nitrogen and oxygen atoms in total. The summed E-state index contributed by atoms with van der Waals surface area (Å²) in [5.41, 5.74) is 6.30. The minimum Gasteiger partial charge on any atom is -0.382 e. The van der Waals surface area contributed by atoms with Crippen molar-refractivity contribution in [3.63, 3.8) is 0 Å². The predicted molar refractivity (Wildman–Crippen MR) is 57.2 cm³/mol. The molecule has 0 aromatic rings. The van der Waals surface area contributed by atoms with E-state index in [1.807, 2.05) is 0 Å². The highest BCUT2D eigenvalue weighted by Crippen LogP contribution is 2.34. The van der Waals surface area contributed by atoms with E-state index in [4.69, 9.17) is 15.2 Å². The van der Waals surface area contributed by atoms with Gasteiger partial charge in [-0.2, -0.15) is 0 Å². The summed E-state index contributed by atoms with van der Waals surface area (Å²) in [6, 6.07) is 0. The Kier molecular flexibility index (Phi) is 4.85. The van der Waals surface area contributed by atoms with E-state index in [0.717, 1.165) is 31.8 Å². The number of ether oxygens (including phenoxy) is 2. The normalized spacial score (nSPS) is 32.4. The smallest absolute Gasteiger partial charge is 0.0700 e. The summed E-state index contributed by atoms with van der Waals surface area (Å²) in [7, 11) is 1.69. The van der Waals surface area contributed by atoms with Crippen molar-refractivity contribution in [2.45, 2.75) is 38.1 Å². The quantitative estimate of drug-likeness (QED) is 0.663. The van der Waals surface area contributed by atoms with Crippen molar-refractivity contribution in [1.29, 1.82) is 0 Å². The first-order valence-corrected chi connectivity index (χ1v) is 5.52. The maximum absolute atomic E-state index is 6.25. The van der Waals surface area contributed by atoms with Gasteiger partial charge >= 0.3 is 0 Å². The first-order chi connectivity index (χ1) is 6.66. The lowest BCUT2D eigenvalue weighted by atomic mass is 9.94. The van der Waals surface area contributed by atoms with Crippen LogP contribution in [-0.2, 0) is 9.47 Å². The first-order valence-electron chi connectivity index (χ1n) is 5.52. The van der Waals surface area contributed by atoms with Crippen LogP contribution in [-0.4, -0.2) is 32.5 Å². The molecule has 0 bridgehead atoms. The number of hydrogen-bond donors (Lipinski definition) is 1. The summed E-state index contributed by atoms with van der Waals surface area (Å²) in [5.74, 6) is 0.791. The zero-order valence-corrected chi connectivity index (χ0v) is 9.42. The lowest BCUT2D eigenvalue weighted by Crippen LogP contribution is -2.38. The standard InChI is InChI=1S/C11H23NO2/c1-10-3-4-11(12,9-10)5-6-14-8-7-13-2/h10H,3-9,12H2,1-2H3. The predicted octanol–water partition coefficient (Wildman–Crippen LogP) is 1.56. The highest BCUT2D eigenvalue weighted by atomic mass is 16.5.